The van der Waals surface area contributed by atoms with Crippen LogP contribution in [0.1, 0.15) is 24.2 Å². The number of hydrogen-bond acceptors (Lipinski definition) is 6. The highest BCUT2D eigenvalue weighted by Gasteiger charge is 2.15. The zero-order chi connectivity index (χ0) is 19.3. The van der Waals surface area contributed by atoms with Crippen LogP contribution in [0.2, 0.25) is 5.02 Å². The number of halogens is 1. The Morgan fingerprint density at radius 3 is 2.54 bits per heavy atom. The number of nitrogens with zero attached hydrogens (tertiary/aromatic N) is 5. The molecular weight excluding hydrogens is 394 g/mol. The summed E-state index contributed by atoms with van der Waals surface area (Å²) in [6.07, 6.45) is 0.749. The third-order valence-electron chi connectivity index (χ3n) is 4.21. The third kappa shape index (κ3) is 4.10. The van der Waals surface area contributed by atoms with E-state index in [9.17, 15) is 0 Å². The molecule has 0 spiro atoms. The summed E-state index contributed by atoms with van der Waals surface area (Å²) < 4.78 is 7.88. The van der Waals surface area contributed by atoms with E-state index in [0.29, 0.717) is 22.6 Å². The molecule has 0 fully saturated rings. The van der Waals surface area contributed by atoms with Crippen LogP contribution in [0.3, 0.4) is 0 Å². The van der Waals surface area contributed by atoms with Crippen molar-refractivity contribution in [2.45, 2.75) is 30.8 Å². The molecule has 4 aromatic rings. The summed E-state index contributed by atoms with van der Waals surface area (Å²) in [6.45, 7) is 2.89. The minimum atomic E-state index is 0.419. The lowest BCUT2D eigenvalue weighted by Gasteiger charge is -2.06. The van der Waals surface area contributed by atoms with Crippen molar-refractivity contribution >= 4 is 23.4 Å². The first-order valence-electron chi connectivity index (χ1n) is 8.90. The molecular formula is C20H18ClN5OS. The van der Waals surface area contributed by atoms with Gasteiger partial charge in [-0.1, -0.05) is 65.8 Å². The Hall–Kier alpha value is -2.64. The van der Waals surface area contributed by atoms with Crippen molar-refractivity contribution in [1.82, 2.24) is 25.0 Å². The molecule has 0 amide bonds. The van der Waals surface area contributed by atoms with Crippen molar-refractivity contribution in [3.05, 3.63) is 76.9 Å². The highest BCUT2D eigenvalue weighted by atomic mass is 35.5. The molecule has 0 aliphatic heterocycles. The molecule has 0 radical (unpaired) electrons. The Balaban J connectivity index is 1.46. The van der Waals surface area contributed by atoms with Crippen molar-refractivity contribution in [2.24, 2.45) is 0 Å². The molecule has 0 N–H and O–H groups in total. The number of hydrogen-bond donors (Lipinski definition) is 0. The largest absolute Gasteiger partial charge is 0.420 e. The fourth-order valence-electron chi connectivity index (χ4n) is 2.83. The molecule has 0 unspecified atom stereocenters. The Labute approximate surface area is 172 Å². The van der Waals surface area contributed by atoms with Crippen molar-refractivity contribution in [3.63, 3.8) is 0 Å². The smallest absolute Gasteiger partial charge is 0.249 e. The molecule has 0 atom stereocenters. The summed E-state index contributed by atoms with van der Waals surface area (Å²) in [7, 11) is 0. The summed E-state index contributed by atoms with van der Waals surface area (Å²) in [6, 6.07) is 17.7. The Bertz CT molecular complexity index is 1060. The van der Waals surface area contributed by atoms with Gasteiger partial charge in [-0.3, -0.25) is 0 Å². The minimum Gasteiger partial charge on any atom is -0.420 e. The summed E-state index contributed by atoms with van der Waals surface area (Å²) in [4.78, 5) is 0. The Kier molecular flexibility index (Phi) is 5.73. The lowest BCUT2D eigenvalue weighted by Crippen LogP contribution is -2.04. The zero-order valence-corrected chi connectivity index (χ0v) is 16.8. The van der Waals surface area contributed by atoms with Gasteiger partial charge in [0.25, 0.3) is 0 Å². The van der Waals surface area contributed by atoms with Crippen molar-refractivity contribution in [2.75, 3.05) is 0 Å². The lowest BCUT2D eigenvalue weighted by molar-refractivity contribution is 0.528. The topological polar surface area (TPSA) is 69.6 Å². The van der Waals surface area contributed by atoms with Gasteiger partial charge in [0.05, 0.1) is 16.3 Å². The molecule has 0 saturated heterocycles. The fraction of sp³-hybridized carbons (Fsp3) is 0.200. The van der Waals surface area contributed by atoms with Crippen molar-refractivity contribution in [1.29, 1.82) is 0 Å². The van der Waals surface area contributed by atoms with E-state index in [2.05, 4.69) is 44.0 Å². The highest BCUT2D eigenvalue weighted by molar-refractivity contribution is 7.98. The van der Waals surface area contributed by atoms with Crippen LogP contribution in [0.4, 0.5) is 0 Å². The van der Waals surface area contributed by atoms with Gasteiger partial charge in [0.1, 0.15) is 5.82 Å². The van der Waals surface area contributed by atoms with Crippen LogP contribution >= 0.6 is 23.4 Å². The third-order valence-corrected chi connectivity index (χ3v) is 5.49. The summed E-state index contributed by atoms with van der Waals surface area (Å²) >= 11 is 7.72. The Morgan fingerprint density at radius 1 is 0.964 bits per heavy atom. The molecule has 4 rings (SSSR count). The predicted molar refractivity (Wildman–Crippen MR) is 109 cm³/mol. The first-order valence-corrected chi connectivity index (χ1v) is 10.3. The molecule has 28 heavy (non-hydrogen) atoms. The molecule has 0 bridgehead atoms. The van der Waals surface area contributed by atoms with Gasteiger partial charge in [-0.2, -0.15) is 0 Å². The van der Waals surface area contributed by atoms with E-state index in [1.165, 1.54) is 17.3 Å². The predicted octanol–water partition coefficient (Wildman–Crippen LogP) is 4.88. The number of rotatable bonds is 7. The van der Waals surface area contributed by atoms with Gasteiger partial charge in [-0.05, 0) is 24.6 Å². The molecule has 2 aromatic carbocycles. The van der Waals surface area contributed by atoms with Gasteiger partial charge in [0, 0.05) is 13.0 Å². The molecule has 6 nitrogen and oxygen atoms in total. The number of thioether (sulfide) groups is 1. The van der Waals surface area contributed by atoms with E-state index in [1.807, 2.05) is 36.4 Å². The average Bonchev–Trinajstić information content (AvgIpc) is 3.34. The maximum absolute atomic E-state index is 6.20. The highest BCUT2D eigenvalue weighted by Crippen LogP contribution is 2.28. The van der Waals surface area contributed by atoms with E-state index in [0.717, 1.165) is 29.5 Å². The molecule has 2 aromatic heterocycles. The summed E-state index contributed by atoms with van der Waals surface area (Å²) in [5.74, 6) is 2.40. The van der Waals surface area contributed by atoms with Gasteiger partial charge in [-0.25, -0.2) is 0 Å². The number of aromatic nitrogens is 5. The second-order valence-electron chi connectivity index (χ2n) is 6.07. The van der Waals surface area contributed by atoms with E-state index in [-0.39, 0.29) is 0 Å². The van der Waals surface area contributed by atoms with Gasteiger partial charge in [0.2, 0.25) is 11.8 Å². The molecule has 2 heterocycles. The van der Waals surface area contributed by atoms with E-state index >= 15 is 0 Å². The SMILES string of the molecule is CCn1c(Cc2ccccc2)nnc1SCc1nnc(-c2ccccc2Cl)o1. The molecule has 0 aliphatic rings. The van der Waals surface area contributed by atoms with Gasteiger partial charge in [-0.15, -0.1) is 20.4 Å². The van der Waals surface area contributed by atoms with Crippen LogP contribution in [-0.4, -0.2) is 25.0 Å². The van der Waals surface area contributed by atoms with Gasteiger partial charge < -0.3 is 8.98 Å². The van der Waals surface area contributed by atoms with Crippen LogP contribution in [0, 0.1) is 0 Å². The van der Waals surface area contributed by atoms with E-state index in [1.54, 1.807) is 6.07 Å². The maximum Gasteiger partial charge on any atom is 0.249 e. The van der Waals surface area contributed by atoms with Crippen LogP contribution in [-0.2, 0) is 18.7 Å². The first kappa shape index (κ1) is 18.7. The van der Waals surface area contributed by atoms with E-state index < -0.39 is 0 Å². The Morgan fingerprint density at radius 2 is 1.75 bits per heavy atom. The zero-order valence-electron chi connectivity index (χ0n) is 15.2. The summed E-state index contributed by atoms with van der Waals surface area (Å²) in [5, 5.41) is 18.4. The quantitative estimate of drug-likeness (QED) is 0.403. The van der Waals surface area contributed by atoms with Crippen LogP contribution in [0.5, 0.6) is 0 Å². The molecule has 8 heteroatoms. The molecule has 0 saturated carbocycles. The monoisotopic (exact) mass is 411 g/mol. The maximum atomic E-state index is 6.20. The van der Waals surface area contributed by atoms with Gasteiger partial charge >= 0.3 is 0 Å². The molecule has 0 aliphatic carbocycles. The standard InChI is InChI=1S/C20H18ClN5OS/c1-2-26-17(12-14-8-4-3-5-9-14)22-25-20(26)28-13-18-23-24-19(27-18)15-10-6-7-11-16(15)21/h3-11H,2,12-13H2,1H3. The number of benzene rings is 2. The minimum absolute atomic E-state index is 0.419. The van der Waals surface area contributed by atoms with Crippen LogP contribution in [0.25, 0.3) is 11.5 Å². The van der Waals surface area contributed by atoms with E-state index in [4.69, 9.17) is 16.0 Å². The van der Waals surface area contributed by atoms with Crippen LogP contribution in [0.15, 0.2) is 64.2 Å². The van der Waals surface area contributed by atoms with Crippen molar-refractivity contribution in [3.8, 4) is 11.5 Å². The average molecular weight is 412 g/mol. The lowest BCUT2D eigenvalue weighted by atomic mass is 10.1. The first-order chi connectivity index (χ1) is 13.7. The second kappa shape index (κ2) is 8.58. The normalized spacial score (nSPS) is 11.1. The van der Waals surface area contributed by atoms with Crippen LogP contribution < -0.4 is 0 Å². The second-order valence-corrected chi connectivity index (χ2v) is 7.42. The molecule has 142 valence electrons. The fourth-order valence-corrected chi connectivity index (χ4v) is 3.91. The van der Waals surface area contributed by atoms with Gasteiger partial charge in [0.15, 0.2) is 5.16 Å². The van der Waals surface area contributed by atoms with Crippen molar-refractivity contribution < 1.29 is 4.42 Å². The summed E-state index contributed by atoms with van der Waals surface area (Å²) in [5.41, 5.74) is 1.94.